The first-order valence-corrected chi connectivity index (χ1v) is 6.14. The summed E-state index contributed by atoms with van der Waals surface area (Å²) in [4.78, 5) is 0. The first-order chi connectivity index (χ1) is 8.70. The van der Waals surface area contributed by atoms with Crippen LogP contribution in [-0.2, 0) is 4.74 Å². The molecule has 0 saturated heterocycles. The molecule has 0 spiro atoms. The number of ether oxygens (including phenoxy) is 1. The van der Waals surface area contributed by atoms with Crippen LogP contribution in [0.3, 0.4) is 0 Å². The molecule has 2 nitrogen and oxygen atoms in total. The van der Waals surface area contributed by atoms with Gasteiger partial charge in [0, 0.05) is 12.2 Å². The normalized spacial score (nSPS) is 13.2. The van der Waals surface area contributed by atoms with Gasteiger partial charge in [-0.05, 0) is 31.9 Å². The Morgan fingerprint density at radius 2 is 2.11 bits per heavy atom. The first kappa shape index (κ1) is 14.5. The number of benzene rings is 1. The van der Waals surface area contributed by atoms with E-state index in [1.54, 1.807) is 6.08 Å². The number of hydrogen-bond acceptors (Lipinski definition) is 2. The largest absolute Gasteiger partial charge is 0.396 e. The molecule has 1 aromatic carbocycles. The molecule has 0 aliphatic rings. The Kier molecular flexibility index (Phi) is 6.21. The van der Waals surface area contributed by atoms with Gasteiger partial charge < -0.3 is 9.84 Å². The van der Waals surface area contributed by atoms with Crippen LogP contribution >= 0.6 is 0 Å². The molecule has 0 radical (unpaired) electrons. The molecule has 0 saturated carbocycles. The molecule has 1 unspecified atom stereocenters. The van der Waals surface area contributed by atoms with Crippen molar-refractivity contribution < 1.29 is 9.84 Å². The van der Waals surface area contributed by atoms with Gasteiger partial charge in [-0.2, -0.15) is 0 Å². The zero-order chi connectivity index (χ0) is 13.3. The Balaban J connectivity index is 2.77. The van der Waals surface area contributed by atoms with Crippen molar-refractivity contribution in [2.75, 3.05) is 13.2 Å². The maximum atomic E-state index is 8.92. The van der Waals surface area contributed by atoms with Crippen LogP contribution < -0.4 is 0 Å². The van der Waals surface area contributed by atoms with Crippen LogP contribution in [-0.4, -0.2) is 23.9 Å². The van der Waals surface area contributed by atoms with Crippen molar-refractivity contribution in [2.24, 2.45) is 0 Å². The van der Waals surface area contributed by atoms with Gasteiger partial charge in [-0.25, -0.2) is 0 Å². The van der Waals surface area contributed by atoms with Crippen LogP contribution in [0.1, 0.15) is 25.3 Å². The quantitative estimate of drug-likeness (QED) is 0.616. The van der Waals surface area contributed by atoms with Crippen molar-refractivity contribution in [3.63, 3.8) is 0 Å². The van der Waals surface area contributed by atoms with Crippen molar-refractivity contribution in [3.8, 4) is 11.8 Å². The fourth-order valence-corrected chi connectivity index (χ4v) is 1.56. The van der Waals surface area contributed by atoms with Gasteiger partial charge in [-0.3, -0.25) is 0 Å². The molecule has 0 fully saturated rings. The standard InChI is InChI=1S/C16H20O2/c1-3-14-18-16(2,11-7-13-17)12-10-15-8-5-4-6-9-15/h3-6,8-9,17H,1,7,11,13-14H2,2H3. The van der Waals surface area contributed by atoms with E-state index >= 15 is 0 Å². The lowest BCUT2D eigenvalue weighted by molar-refractivity contribution is 0.0203. The minimum absolute atomic E-state index is 0.153. The van der Waals surface area contributed by atoms with Gasteiger partial charge in [-0.1, -0.05) is 36.1 Å². The zero-order valence-electron chi connectivity index (χ0n) is 10.9. The molecule has 1 aromatic rings. The Morgan fingerprint density at radius 1 is 1.39 bits per heavy atom. The van der Waals surface area contributed by atoms with E-state index < -0.39 is 5.60 Å². The zero-order valence-corrected chi connectivity index (χ0v) is 10.9. The summed E-state index contributed by atoms with van der Waals surface area (Å²) < 4.78 is 5.70. The van der Waals surface area contributed by atoms with Gasteiger partial charge in [0.15, 0.2) is 0 Å². The molecule has 0 bridgehead atoms. The van der Waals surface area contributed by atoms with Crippen molar-refractivity contribution >= 4 is 0 Å². The third-order valence-corrected chi connectivity index (χ3v) is 2.58. The minimum atomic E-state index is -0.535. The Bertz CT molecular complexity index is 414. The number of rotatable bonds is 6. The Hall–Kier alpha value is -1.56. The number of hydrogen-bond donors (Lipinski definition) is 1. The van der Waals surface area contributed by atoms with E-state index in [9.17, 15) is 0 Å². The maximum Gasteiger partial charge on any atom is 0.126 e. The van der Waals surface area contributed by atoms with Crippen LogP contribution in [0.25, 0.3) is 0 Å². The SMILES string of the molecule is C=CCOC(C)(C#Cc1ccccc1)CCCO. The lowest BCUT2D eigenvalue weighted by Crippen LogP contribution is -2.27. The molecule has 96 valence electrons. The van der Waals surface area contributed by atoms with Gasteiger partial charge in [0.05, 0.1) is 6.61 Å². The van der Waals surface area contributed by atoms with Crippen LogP contribution in [0.2, 0.25) is 0 Å². The fraction of sp³-hybridized carbons (Fsp3) is 0.375. The molecule has 1 atom stereocenters. The van der Waals surface area contributed by atoms with Crippen LogP contribution in [0.5, 0.6) is 0 Å². The smallest absolute Gasteiger partial charge is 0.126 e. The molecule has 1 rings (SSSR count). The van der Waals surface area contributed by atoms with E-state index in [1.165, 1.54) is 0 Å². The summed E-state index contributed by atoms with van der Waals surface area (Å²) in [6.07, 6.45) is 3.09. The molecule has 0 amide bonds. The van der Waals surface area contributed by atoms with Gasteiger partial charge in [0.2, 0.25) is 0 Å². The van der Waals surface area contributed by atoms with Crippen LogP contribution in [0, 0.1) is 11.8 Å². The highest BCUT2D eigenvalue weighted by molar-refractivity contribution is 5.35. The molecular weight excluding hydrogens is 224 g/mol. The Morgan fingerprint density at radius 3 is 2.72 bits per heavy atom. The monoisotopic (exact) mass is 244 g/mol. The first-order valence-electron chi connectivity index (χ1n) is 6.14. The van der Waals surface area contributed by atoms with E-state index in [0.29, 0.717) is 19.4 Å². The van der Waals surface area contributed by atoms with E-state index in [4.69, 9.17) is 9.84 Å². The summed E-state index contributed by atoms with van der Waals surface area (Å²) in [7, 11) is 0. The Labute approximate surface area is 109 Å². The maximum absolute atomic E-state index is 8.92. The highest BCUT2D eigenvalue weighted by atomic mass is 16.5. The average molecular weight is 244 g/mol. The van der Waals surface area contributed by atoms with E-state index in [0.717, 1.165) is 5.56 Å². The summed E-state index contributed by atoms with van der Waals surface area (Å²) >= 11 is 0. The summed E-state index contributed by atoms with van der Waals surface area (Å²) in [5, 5.41) is 8.92. The van der Waals surface area contributed by atoms with Crippen LogP contribution in [0.15, 0.2) is 43.0 Å². The van der Waals surface area contributed by atoms with Crippen molar-refractivity contribution in [2.45, 2.75) is 25.4 Å². The summed E-state index contributed by atoms with van der Waals surface area (Å²) in [5.41, 5.74) is 0.433. The molecule has 0 heterocycles. The summed E-state index contributed by atoms with van der Waals surface area (Å²) in [6.45, 7) is 6.20. The molecule has 2 heteroatoms. The average Bonchev–Trinajstić information content (AvgIpc) is 2.42. The van der Waals surface area contributed by atoms with Gasteiger partial charge in [0.25, 0.3) is 0 Å². The van der Waals surface area contributed by atoms with Gasteiger partial charge in [0.1, 0.15) is 5.60 Å². The minimum Gasteiger partial charge on any atom is -0.396 e. The highest BCUT2D eigenvalue weighted by Crippen LogP contribution is 2.17. The molecular formula is C16H20O2. The van der Waals surface area contributed by atoms with Gasteiger partial charge in [-0.15, -0.1) is 6.58 Å². The molecule has 0 aromatic heterocycles. The summed E-state index contributed by atoms with van der Waals surface area (Å²) in [6, 6.07) is 9.81. The predicted octanol–water partition coefficient (Wildman–Crippen LogP) is 2.77. The number of aliphatic hydroxyl groups is 1. The second-order valence-corrected chi connectivity index (χ2v) is 4.27. The number of aliphatic hydroxyl groups excluding tert-OH is 1. The van der Waals surface area contributed by atoms with Crippen molar-refractivity contribution in [3.05, 3.63) is 48.6 Å². The van der Waals surface area contributed by atoms with Crippen LogP contribution in [0.4, 0.5) is 0 Å². The third kappa shape index (κ3) is 5.18. The second kappa shape index (κ2) is 7.71. The van der Waals surface area contributed by atoms with E-state index in [-0.39, 0.29) is 6.61 Å². The fourth-order valence-electron chi connectivity index (χ4n) is 1.56. The highest BCUT2D eigenvalue weighted by Gasteiger charge is 2.21. The van der Waals surface area contributed by atoms with E-state index in [2.05, 4.69) is 18.4 Å². The van der Waals surface area contributed by atoms with E-state index in [1.807, 2.05) is 37.3 Å². The van der Waals surface area contributed by atoms with Crippen molar-refractivity contribution in [1.82, 2.24) is 0 Å². The molecule has 0 aliphatic carbocycles. The lowest BCUT2D eigenvalue weighted by Gasteiger charge is -2.23. The molecule has 18 heavy (non-hydrogen) atoms. The summed E-state index contributed by atoms with van der Waals surface area (Å²) in [5.74, 6) is 6.26. The predicted molar refractivity (Wildman–Crippen MR) is 74.2 cm³/mol. The van der Waals surface area contributed by atoms with Crippen molar-refractivity contribution in [1.29, 1.82) is 0 Å². The molecule has 0 aliphatic heterocycles. The van der Waals surface area contributed by atoms with Gasteiger partial charge >= 0.3 is 0 Å². The topological polar surface area (TPSA) is 29.5 Å². The third-order valence-electron chi connectivity index (χ3n) is 2.58. The lowest BCUT2D eigenvalue weighted by atomic mass is 10.00. The molecule has 1 N–H and O–H groups in total. The second-order valence-electron chi connectivity index (χ2n) is 4.27.